The maximum atomic E-state index is 15.1. The van der Waals surface area contributed by atoms with E-state index in [1.165, 1.54) is 29.6 Å². The second kappa shape index (κ2) is 12.3. The van der Waals surface area contributed by atoms with Crippen molar-refractivity contribution in [3.05, 3.63) is 48.3 Å². The number of esters is 1. The minimum Gasteiger partial charge on any atom is -0.466 e. The summed E-state index contributed by atoms with van der Waals surface area (Å²) in [4.78, 5) is 61.0. The normalized spacial score (nSPS) is 17.3. The van der Waals surface area contributed by atoms with E-state index in [9.17, 15) is 19.2 Å². The Balaban J connectivity index is 1.27. The van der Waals surface area contributed by atoms with Crippen molar-refractivity contribution in [2.24, 2.45) is 0 Å². The molecule has 2 aliphatic rings. The maximum absolute atomic E-state index is 15.1. The summed E-state index contributed by atoms with van der Waals surface area (Å²) in [6.07, 6.45) is 3.54. The molecule has 0 radical (unpaired) electrons. The minimum atomic E-state index is -0.593. The molecule has 12 nitrogen and oxygen atoms in total. The van der Waals surface area contributed by atoms with Gasteiger partial charge in [-0.25, -0.2) is 14.2 Å². The summed E-state index contributed by atoms with van der Waals surface area (Å²) >= 11 is 0. The van der Waals surface area contributed by atoms with E-state index in [0.717, 1.165) is 0 Å². The Morgan fingerprint density at radius 2 is 1.97 bits per heavy atom. The van der Waals surface area contributed by atoms with Crippen LogP contribution in [0.15, 0.2) is 36.8 Å². The molecular weight excluding hydrogens is 499 g/mol. The van der Waals surface area contributed by atoms with Crippen LogP contribution in [0.3, 0.4) is 0 Å². The third kappa shape index (κ3) is 6.52. The van der Waals surface area contributed by atoms with E-state index in [1.807, 2.05) is 4.90 Å². The Morgan fingerprint density at radius 3 is 2.66 bits per heavy atom. The van der Waals surface area contributed by atoms with Crippen LogP contribution in [0.5, 0.6) is 0 Å². The molecule has 3 heterocycles. The Hall–Kier alpha value is -4.29. The molecule has 38 heavy (non-hydrogen) atoms. The molecule has 0 unspecified atom stereocenters. The highest BCUT2D eigenvalue weighted by Crippen LogP contribution is 2.29. The lowest BCUT2D eigenvalue weighted by atomic mass is 10.1. The maximum Gasteiger partial charge on any atom is 0.414 e. The fourth-order valence-electron chi connectivity index (χ4n) is 4.29. The Morgan fingerprint density at radius 1 is 1.18 bits per heavy atom. The van der Waals surface area contributed by atoms with Crippen LogP contribution < -0.4 is 15.1 Å². The summed E-state index contributed by atoms with van der Waals surface area (Å²) in [7, 11) is 0. The zero-order chi connectivity index (χ0) is 27.1. The highest BCUT2D eigenvalue weighted by Gasteiger charge is 2.33. The molecule has 1 aromatic carbocycles. The van der Waals surface area contributed by atoms with Crippen molar-refractivity contribution in [1.82, 2.24) is 20.2 Å². The first kappa shape index (κ1) is 26.8. The van der Waals surface area contributed by atoms with Gasteiger partial charge in [0.1, 0.15) is 17.6 Å². The molecule has 1 N–H and O–H groups in total. The van der Waals surface area contributed by atoms with Crippen LogP contribution in [0, 0.1) is 5.82 Å². The quantitative estimate of drug-likeness (QED) is 0.479. The van der Waals surface area contributed by atoms with Crippen LogP contribution in [-0.4, -0.2) is 90.7 Å². The lowest BCUT2D eigenvalue weighted by Crippen LogP contribution is -2.51. The van der Waals surface area contributed by atoms with Gasteiger partial charge in [-0.15, -0.1) is 0 Å². The standard InChI is InChI=1S/C25H29FN6O6/c1-2-37-23(34)6-4-18-16-32(25(36)38-18)17-3-5-21(19(26)13-17)30-9-11-31(12-10-30)22(33)15-29-24(35)20-14-27-7-8-28-20/h3,5,7-8,13-14,18H,2,4,6,9-12,15-16H2,1H3,(H,29,35)/t18-/m0/s1. The number of aromatic nitrogens is 2. The molecular formula is C25H29FN6O6. The molecule has 1 aromatic heterocycles. The third-order valence-corrected chi connectivity index (χ3v) is 6.26. The predicted molar refractivity (Wildman–Crippen MR) is 133 cm³/mol. The number of amides is 3. The van der Waals surface area contributed by atoms with E-state index in [-0.39, 0.29) is 43.7 Å². The first-order valence-electron chi connectivity index (χ1n) is 12.4. The molecule has 0 saturated carbocycles. The highest BCUT2D eigenvalue weighted by molar-refractivity contribution is 5.94. The van der Waals surface area contributed by atoms with Gasteiger partial charge in [0.05, 0.1) is 37.3 Å². The van der Waals surface area contributed by atoms with Crippen molar-refractivity contribution < 1.29 is 33.0 Å². The molecule has 2 aliphatic heterocycles. The van der Waals surface area contributed by atoms with Gasteiger partial charge in [-0.3, -0.25) is 24.3 Å². The van der Waals surface area contributed by atoms with E-state index in [2.05, 4.69) is 15.3 Å². The zero-order valence-electron chi connectivity index (χ0n) is 21.0. The molecule has 0 bridgehead atoms. The first-order valence-corrected chi connectivity index (χ1v) is 12.4. The van der Waals surface area contributed by atoms with Crippen LogP contribution in [-0.2, 0) is 19.1 Å². The number of carbonyl (C=O) groups is 4. The SMILES string of the molecule is CCOC(=O)CC[C@H]1CN(c2ccc(N3CCN(C(=O)CNC(=O)c4cnccn4)CC3)c(F)c2)C(=O)O1. The fraction of sp³-hybridized carbons (Fsp3) is 0.440. The van der Waals surface area contributed by atoms with Crippen LogP contribution in [0.2, 0.25) is 0 Å². The van der Waals surface area contributed by atoms with Crippen molar-refractivity contribution in [2.75, 3.05) is 55.7 Å². The number of hydrogen-bond acceptors (Lipinski definition) is 9. The van der Waals surface area contributed by atoms with Crippen molar-refractivity contribution in [3.63, 3.8) is 0 Å². The number of nitrogens with zero attached hydrogens (tertiary/aromatic N) is 5. The molecule has 13 heteroatoms. The number of nitrogens with one attached hydrogen (secondary N) is 1. The molecule has 2 fully saturated rings. The molecule has 202 valence electrons. The molecule has 2 aromatic rings. The van der Waals surface area contributed by atoms with Gasteiger partial charge in [-0.1, -0.05) is 0 Å². The van der Waals surface area contributed by atoms with Gasteiger partial charge in [-0.05, 0) is 31.5 Å². The van der Waals surface area contributed by atoms with Gasteiger partial charge in [0.2, 0.25) is 5.91 Å². The fourth-order valence-corrected chi connectivity index (χ4v) is 4.29. The number of rotatable bonds is 9. The van der Waals surface area contributed by atoms with Crippen LogP contribution in [0.1, 0.15) is 30.3 Å². The van der Waals surface area contributed by atoms with Gasteiger partial charge in [0, 0.05) is 45.0 Å². The average molecular weight is 529 g/mol. The van der Waals surface area contributed by atoms with E-state index in [4.69, 9.17) is 9.47 Å². The zero-order valence-corrected chi connectivity index (χ0v) is 21.0. The summed E-state index contributed by atoms with van der Waals surface area (Å²) in [5, 5.41) is 2.54. The molecule has 3 amide bonds. The third-order valence-electron chi connectivity index (χ3n) is 6.26. The lowest BCUT2D eigenvalue weighted by molar-refractivity contribution is -0.143. The average Bonchev–Trinajstić information content (AvgIpc) is 3.31. The second-order valence-corrected chi connectivity index (χ2v) is 8.74. The number of benzene rings is 1. The number of halogens is 1. The van der Waals surface area contributed by atoms with Gasteiger partial charge in [0.15, 0.2) is 0 Å². The van der Waals surface area contributed by atoms with E-state index in [1.54, 1.807) is 24.0 Å². The van der Waals surface area contributed by atoms with Crippen LogP contribution in [0.4, 0.5) is 20.6 Å². The van der Waals surface area contributed by atoms with Gasteiger partial charge >= 0.3 is 12.1 Å². The van der Waals surface area contributed by atoms with Crippen molar-refractivity contribution >= 4 is 35.3 Å². The number of cyclic esters (lactones) is 1. The van der Waals surface area contributed by atoms with Crippen molar-refractivity contribution in [1.29, 1.82) is 0 Å². The highest BCUT2D eigenvalue weighted by atomic mass is 19.1. The summed E-state index contributed by atoms with van der Waals surface area (Å²) in [5.41, 5.74) is 0.851. The van der Waals surface area contributed by atoms with Crippen LogP contribution >= 0.6 is 0 Å². The van der Waals surface area contributed by atoms with Crippen molar-refractivity contribution in [3.8, 4) is 0 Å². The second-order valence-electron chi connectivity index (χ2n) is 8.74. The van der Waals surface area contributed by atoms with Gasteiger partial charge < -0.3 is 24.6 Å². The molecule has 0 aliphatic carbocycles. The van der Waals surface area contributed by atoms with E-state index in [0.29, 0.717) is 44.0 Å². The summed E-state index contributed by atoms with van der Waals surface area (Å²) in [6, 6.07) is 4.53. The first-order chi connectivity index (χ1) is 18.4. The van der Waals surface area contributed by atoms with Gasteiger partial charge in [-0.2, -0.15) is 0 Å². The van der Waals surface area contributed by atoms with E-state index >= 15 is 4.39 Å². The number of carbonyl (C=O) groups excluding carboxylic acids is 4. The topological polar surface area (TPSA) is 134 Å². The summed E-state index contributed by atoms with van der Waals surface area (Å²) < 4.78 is 25.3. The van der Waals surface area contributed by atoms with Gasteiger partial charge in [0.25, 0.3) is 5.91 Å². The molecule has 1 atom stereocenters. The Kier molecular flexibility index (Phi) is 8.66. The number of hydrogen-bond donors (Lipinski definition) is 1. The molecule has 0 spiro atoms. The Bertz CT molecular complexity index is 1170. The monoisotopic (exact) mass is 528 g/mol. The number of anilines is 2. The van der Waals surface area contributed by atoms with Crippen molar-refractivity contribution in [2.45, 2.75) is 25.9 Å². The molecule has 4 rings (SSSR count). The minimum absolute atomic E-state index is 0.124. The Labute approximate surface area is 218 Å². The number of piperazine rings is 1. The predicted octanol–water partition coefficient (Wildman–Crippen LogP) is 1.36. The van der Waals surface area contributed by atoms with E-state index < -0.39 is 23.9 Å². The number of ether oxygens (including phenoxy) is 2. The summed E-state index contributed by atoms with van der Waals surface area (Å²) in [5.74, 6) is -1.59. The molecule has 2 saturated heterocycles. The smallest absolute Gasteiger partial charge is 0.414 e. The largest absolute Gasteiger partial charge is 0.466 e. The summed E-state index contributed by atoms with van der Waals surface area (Å²) in [6.45, 7) is 3.58. The lowest BCUT2D eigenvalue weighted by Gasteiger charge is -2.36. The van der Waals surface area contributed by atoms with Crippen LogP contribution in [0.25, 0.3) is 0 Å².